The molecule has 5 heteroatoms. The van der Waals surface area contributed by atoms with Gasteiger partial charge in [-0.3, -0.25) is 18.8 Å². The first kappa shape index (κ1) is 707. The molecule has 5 heavy (non-hydrogen) atoms. The van der Waals surface area contributed by atoms with Crippen molar-refractivity contribution >= 4 is 0 Å². The summed E-state index contributed by atoms with van der Waals surface area (Å²) in [6.45, 7) is 0. The van der Waals surface area contributed by atoms with Gasteiger partial charge in [0, 0.05) is 20.4 Å². The molecule has 0 atom stereocenters. The Kier molecular flexibility index (Phi) is 48500. The number of hydrogen-bond acceptors (Lipinski definition) is 0. The fraction of sp³-hybridized carbons (Fsp3) is 0. The van der Waals surface area contributed by atoms with E-state index in [9.17, 15) is 0 Å². The van der Waals surface area contributed by atoms with Gasteiger partial charge in [0.15, 0.2) is 0 Å². The Morgan fingerprint density at radius 2 is 0.400 bits per heavy atom. The maximum atomic E-state index is 0. The molecule has 0 bridgehead atoms. The zero-order chi connectivity index (χ0) is 0. The molecule has 0 aromatic rings. The number of rotatable bonds is 0. The van der Waals surface area contributed by atoms with Gasteiger partial charge in [-0.2, -0.15) is 0 Å². The first-order valence-electron chi connectivity index (χ1n) is 0. The smallest absolute Gasteiger partial charge is 0 e. The van der Waals surface area contributed by atoms with Crippen LogP contribution in [0.5, 0.6) is 0 Å². The first-order chi connectivity index (χ1) is 0. The molecule has 0 saturated heterocycles. The predicted octanol–water partition coefficient (Wildman–Crippen LogP) is 0.607. The van der Waals surface area contributed by atoms with Gasteiger partial charge in [0.05, 0.1) is 0 Å². The van der Waals surface area contributed by atoms with Crippen LogP contribution in [0.15, 0.2) is 0 Å². The van der Waals surface area contributed by atoms with Crippen molar-refractivity contribution in [2.75, 3.05) is 0 Å². The molecule has 0 heterocycles. The van der Waals surface area contributed by atoms with Crippen LogP contribution >= 0.6 is 0 Å². The van der Waals surface area contributed by atoms with Crippen LogP contribution in [0.3, 0.4) is 0 Å². The molecule has 0 aromatic carbocycles. The fourth-order valence-corrected chi connectivity index (χ4v) is 0. The van der Waals surface area contributed by atoms with E-state index in [1.165, 1.54) is 0 Å². The van der Waals surface area contributed by atoms with Gasteiger partial charge in [0.1, 0.15) is 0 Å². The minimum absolute atomic E-state index is 0. The molecule has 0 saturated carbocycles. The predicted molar refractivity (Wildman–Crippen MR) is 10.0 cm³/mol. The molecule has 0 spiro atoms. The Bertz CT molecular complexity index is 3.61. The van der Waals surface area contributed by atoms with Crippen LogP contribution in [0.2, 0.25) is 0 Å². The van der Waals surface area contributed by atoms with E-state index in [-0.39, 0.29) is 39.2 Å². The molecule has 0 aliphatic rings. The van der Waals surface area contributed by atoms with Gasteiger partial charge in [-0.05, 0) is 0 Å². The molecule has 0 aromatic heterocycles. The SMILES string of the molecule is F.F.F.F.[Pd]. The molecule has 0 N–H and O–H groups in total. The molecule has 42 valence electrons. The zero-order valence-corrected chi connectivity index (χ0v) is 3.50. The molecule has 0 radical (unpaired) electrons. The normalized spacial score (nSPS) is 0. The van der Waals surface area contributed by atoms with Crippen LogP contribution in [-0.4, -0.2) is 0 Å². The molecule has 0 rings (SSSR count). The van der Waals surface area contributed by atoms with Gasteiger partial charge in [0.25, 0.3) is 0 Å². The Morgan fingerprint density at radius 3 is 0.400 bits per heavy atom. The van der Waals surface area contributed by atoms with E-state index in [0.29, 0.717) is 0 Å². The van der Waals surface area contributed by atoms with E-state index >= 15 is 0 Å². The van der Waals surface area contributed by atoms with E-state index < -0.39 is 0 Å². The molecule has 0 unspecified atom stereocenters. The Balaban J connectivity index is 0. The van der Waals surface area contributed by atoms with Crippen molar-refractivity contribution in [3.63, 3.8) is 0 Å². The first-order valence-corrected chi connectivity index (χ1v) is 0. The summed E-state index contributed by atoms with van der Waals surface area (Å²) in [7, 11) is 0. The Labute approximate surface area is 40.1 Å². The van der Waals surface area contributed by atoms with Crippen molar-refractivity contribution in [2.24, 2.45) is 0 Å². The van der Waals surface area contributed by atoms with Gasteiger partial charge in [0.2, 0.25) is 0 Å². The summed E-state index contributed by atoms with van der Waals surface area (Å²) in [5, 5.41) is 0. The Morgan fingerprint density at radius 1 is 0.400 bits per heavy atom. The molecule has 0 amide bonds. The Hall–Kier alpha value is 0.382. The third-order valence-electron chi connectivity index (χ3n) is 0. The van der Waals surface area contributed by atoms with E-state index in [0.717, 1.165) is 0 Å². The topological polar surface area (TPSA) is 0 Å². The van der Waals surface area contributed by atoms with Crippen molar-refractivity contribution in [3.8, 4) is 0 Å². The second kappa shape index (κ2) is 343. The largest absolute Gasteiger partial charge is 0.269 e. The van der Waals surface area contributed by atoms with Gasteiger partial charge in [-0.25, -0.2) is 0 Å². The maximum absolute atomic E-state index is 0. The van der Waals surface area contributed by atoms with E-state index in [1.54, 1.807) is 0 Å². The summed E-state index contributed by atoms with van der Waals surface area (Å²) < 4.78 is 0. The molecular formula is H4F4Pd. The van der Waals surface area contributed by atoms with Gasteiger partial charge >= 0.3 is 0 Å². The van der Waals surface area contributed by atoms with Gasteiger partial charge in [-0.15, -0.1) is 0 Å². The van der Waals surface area contributed by atoms with E-state index in [2.05, 4.69) is 0 Å². The molecule has 0 aliphatic carbocycles. The number of halogens is 4. The van der Waals surface area contributed by atoms with Crippen LogP contribution in [0.4, 0.5) is 18.8 Å². The van der Waals surface area contributed by atoms with Crippen molar-refractivity contribution in [2.45, 2.75) is 0 Å². The van der Waals surface area contributed by atoms with E-state index in [1.807, 2.05) is 0 Å². The van der Waals surface area contributed by atoms with Gasteiger partial charge in [-0.1, -0.05) is 0 Å². The number of hydrogen-bond donors (Lipinski definition) is 0. The monoisotopic (exact) mass is 186 g/mol. The van der Waals surface area contributed by atoms with Crippen molar-refractivity contribution in [3.05, 3.63) is 0 Å². The summed E-state index contributed by atoms with van der Waals surface area (Å²) in [5.74, 6) is 0. The second-order valence-corrected chi connectivity index (χ2v) is 0. The minimum atomic E-state index is 0. The third-order valence-corrected chi connectivity index (χ3v) is 0. The van der Waals surface area contributed by atoms with Gasteiger partial charge < -0.3 is 0 Å². The molecule has 0 aliphatic heterocycles. The van der Waals surface area contributed by atoms with Crippen LogP contribution < -0.4 is 0 Å². The maximum Gasteiger partial charge on any atom is 0 e. The summed E-state index contributed by atoms with van der Waals surface area (Å²) in [4.78, 5) is 0. The van der Waals surface area contributed by atoms with Crippen LogP contribution in [-0.2, 0) is 20.4 Å². The average molecular weight is 186 g/mol. The standard InChI is InChI=1S/4FH.Pd/h4*1H;. The average Bonchev–Trinajstić information content (AvgIpc) is 0. The summed E-state index contributed by atoms with van der Waals surface area (Å²) in [6, 6.07) is 0. The summed E-state index contributed by atoms with van der Waals surface area (Å²) in [5.41, 5.74) is 0. The molecule has 0 nitrogen and oxygen atoms in total. The fourth-order valence-electron chi connectivity index (χ4n) is 0. The quantitative estimate of drug-likeness (QED) is 0.384. The second-order valence-electron chi connectivity index (χ2n) is 0. The third kappa shape index (κ3) is 170. The van der Waals surface area contributed by atoms with Crippen LogP contribution in [0.1, 0.15) is 0 Å². The van der Waals surface area contributed by atoms with Crippen molar-refractivity contribution < 1.29 is 39.2 Å². The van der Waals surface area contributed by atoms with Crippen molar-refractivity contribution in [1.82, 2.24) is 0 Å². The van der Waals surface area contributed by atoms with Crippen LogP contribution in [0.25, 0.3) is 0 Å². The van der Waals surface area contributed by atoms with Crippen molar-refractivity contribution in [1.29, 1.82) is 0 Å². The molecular weight excluding hydrogens is 182 g/mol. The minimum Gasteiger partial charge on any atom is -0.269 e. The van der Waals surface area contributed by atoms with Crippen LogP contribution in [0, 0.1) is 0 Å². The molecule has 0 fully saturated rings. The van der Waals surface area contributed by atoms with E-state index in [4.69, 9.17) is 0 Å². The summed E-state index contributed by atoms with van der Waals surface area (Å²) >= 11 is 0. The zero-order valence-electron chi connectivity index (χ0n) is 1.95. The summed E-state index contributed by atoms with van der Waals surface area (Å²) in [6.07, 6.45) is 0.